The first-order valence-corrected chi connectivity index (χ1v) is 4.46. The summed E-state index contributed by atoms with van der Waals surface area (Å²) in [6.45, 7) is 4.48. The van der Waals surface area contributed by atoms with E-state index in [9.17, 15) is 0 Å². The van der Waals surface area contributed by atoms with Gasteiger partial charge in [-0.3, -0.25) is 0 Å². The molecular weight excluding hydrogens is 180 g/mol. The van der Waals surface area contributed by atoms with Crippen molar-refractivity contribution in [3.8, 4) is 0 Å². The Bertz CT molecular complexity index is 417. The number of hydrogen-bond donors (Lipinski definition) is 1. The van der Waals surface area contributed by atoms with Crippen molar-refractivity contribution < 1.29 is 8.94 Å². The van der Waals surface area contributed by atoms with E-state index in [2.05, 4.69) is 10.5 Å². The molecule has 74 valence electrons. The summed E-state index contributed by atoms with van der Waals surface area (Å²) in [5, 5.41) is 6.93. The van der Waals surface area contributed by atoms with Crippen molar-refractivity contribution in [3.05, 3.63) is 35.5 Å². The van der Waals surface area contributed by atoms with Crippen molar-refractivity contribution in [1.29, 1.82) is 0 Å². The fourth-order valence-electron chi connectivity index (χ4n) is 1.21. The van der Waals surface area contributed by atoms with Gasteiger partial charge in [-0.05, 0) is 26.0 Å². The van der Waals surface area contributed by atoms with Gasteiger partial charge in [-0.15, -0.1) is 0 Å². The van der Waals surface area contributed by atoms with Gasteiger partial charge in [0.2, 0.25) is 0 Å². The zero-order valence-electron chi connectivity index (χ0n) is 8.20. The molecule has 0 aliphatic carbocycles. The molecule has 0 unspecified atom stereocenters. The van der Waals surface area contributed by atoms with Crippen LogP contribution in [0.25, 0.3) is 0 Å². The average molecular weight is 192 g/mol. The highest BCUT2D eigenvalue weighted by Gasteiger charge is 2.03. The molecule has 0 amide bonds. The van der Waals surface area contributed by atoms with E-state index in [-0.39, 0.29) is 0 Å². The molecule has 4 heteroatoms. The number of rotatable bonds is 3. The van der Waals surface area contributed by atoms with Crippen LogP contribution in [0.1, 0.15) is 17.1 Å². The number of nitrogens with one attached hydrogen (secondary N) is 1. The van der Waals surface area contributed by atoms with Crippen LogP contribution in [0.3, 0.4) is 0 Å². The van der Waals surface area contributed by atoms with Crippen LogP contribution in [-0.2, 0) is 6.54 Å². The molecule has 0 saturated carbocycles. The molecule has 0 fully saturated rings. The lowest BCUT2D eigenvalue weighted by Crippen LogP contribution is -1.99. The topological polar surface area (TPSA) is 51.2 Å². The van der Waals surface area contributed by atoms with Crippen molar-refractivity contribution >= 4 is 5.82 Å². The molecule has 4 nitrogen and oxygen atoms in total. The second-order valence-corrected chi connectivity index (χ2v) is 3.21. The second-order valence-electron chi connectivity index (χ2n) is 3.21. The minimum absolute atomic E-state index is 0.626. The monoisotopic (exact) mass is 192 g/mol. The average Bonchev–Trinajstić information content (AvgIpc) is 2.72. The van der Waals surface area contributed by atoms with Gasteiger partial charge in [0, 0.05) is 5.56 Å². The maximum atomic E-state index is 5.40. The van der Waals surface area contributed by atoms with Gasteiger partial charge in [-0.1, -0.05) is 5.16 Å². The zero-order chi connectivity index (χ0) is 9.97. The van der Waals surface area contributed by atoms with Crippen LogP contribution in [0.2, 0.25) is 0 Å². The Morgan fingerprint density at radius 3 is 2.79 bits per heavy atom. The Hall–Kier alpha value is -1.71. The smallest absolute Gasteiger partial charge is 0.172 e. The largest absolute Gasteiger partial charge is 0.465 e. The van der Waals surface area contributed by atoms with Crippen molar-refractivity contribution in [3.63, 3.8) is 0 Å². The van der Waals surface area contributed by atoms with Gasteiger partial charge in [0.25, 0.3) is 0 Å². The third-order valence-electron chi connectivity index (χ3n) is 1.97. The molecule has 2 rings (SSSR count). The Labute approximate surface area is 81.9 Å². The summed E-state index contributed by atoms with van der Waals surface area (Å²) >= 11 is 0. The van der Waals surface area contributed by atoms with Gasteiger partial charge in [0.05, 0.1) is 6.54 Å². The van der Waals surface area contributed by atoms with Crippen LogP contribution < -0.4 is 5.32 Å². The van der Waals surface area contributed by atoms with E-state index >= 15 is 0 Å². The molecule has 0 atom stereocenters. The lowest BCUT2D eigenvalue weighted by Gasteiger charge is -1.99. The number of aryl methyl sites for hydroxylation is 2. The molecule has 1 N–H and O–H groups in total. The predicted octanol–water partition coefficient (Wildman–Crippen LogP) is 2.50. The molecule has 2 aromatic rings. The molecule has 0 aliphatic heterocycles. The van der Waals surface area contributed by atoms with Crippen LogP contribution in [0.4, 0.5) is 5.82 Å². The number of furan rings is 1. The van der Waals surface area contributed by atoms with Crippen molar-refractivity contribution in [2.45, 2.75) is 20.4 Å². The fourth-order valence-corrected chi connectivity index (χ4v) is 1.21. The van der Waals surface area contributed by atoms with Crippen LogP contribution in [0.5, 0.6) is 0 Å². The highest BCUT2D eigenvalue weighted by atomic mass is 16.5. The fraction of sp³-hybridized carbons (Fsp3) is 0.300. The Balaban J connectivity index is 1.98. The van der Waals surface area contributed by atoms with Gasteiger partial charge in [0.1, 0.15) is 17.8 Å². The molecule has 0 spiro atoms. The third kappa shape index (κ3) is 1.79. The van der Waals surface area contributed by atoms with E-state index in [1.807, 2.05) is 26.0 Å². The van der Waals surface area contributed by atoms with Crippen LogP contribution in [0, 0.1) is 13.8 Å². The molecule has 0 aliphatic rings. The quantitative estimate of drug-likeness (QED) is 0.811. The molecule has 0 bridgehead atoms. The Morgan fingerprint density at radius 1 is 1.36 bits per heavy atom. The molecule has 2 aromatic heterocycles. The van der Waals surface area contributed by atoms with Crippen molar-refractivity contribution in [1.82, 2.24) is 5.16 Å². The van der Waals surface area contributed by atoms with E-state index in [0.29, 0.717) is 6.54 Å². The number of hydrogen-bond acceptors (Lipinski definition) is 4. The molecular formula is C10H12N2O2. The minimum Gasteiger partial charge on any atom is -0.465 e. The maximum absolute atomic E-state index is 5.40. The molecule has 14 heavy (non-hydrogen) atoms. The minimum atomic E-state index is 0.626. The normalized spacial score (nSPS) is 10.4. The van der Waals surface area contributed by atoms with Gasteiger partial charge in [-0.25, -0.2) is 0 Å². The van der Waals surface area contributed by atoms with Crippen molar-refractivity contribution in [2.24, 2.45) is 0 Å². The zero-order valence-corrected chi connectivity index (χ0v) is 8.20. The standard InChI is InChI=1S/C10H12N2O2/c1-7-6-13-12-10(7)11-5-9-4-3-8(2)14-9/h3-4,6H,5H2,1-2H3,(H,11,12). The summed E-state index contributed by atoms with van der Waals surface area (Å²) in [5.41, 5.74) is 0.994. The SMILES string of the molecule is Cc1ccc(CNc2nocc2C)o1. The van der Waals surface area contributed by atoms with Gasteiger partial charge >= 0.3 is 0 Å². The van der Waals surface area contributed by atoms with Crippen molar-refractivity contribution in [2.75, 3.05) is 5.32 Å². The summed E-state index contributed by atoms with van der Waals surface area (Å²) in [4.78, 5) is 0. The Kier molecular flexibility index (Phi) is 2.26. The van der Waals surface area contributed by atoms with Gasteiger partial charge in [0.15, 0.2) is 5.82 Å². The summed E-state index contributed by atoms with van der Waals surface area (Å²) in [7, 11) is 0. The van der Waals surface area contributed by atoms with E-state index in [1.54, 1.807) is 6.26 Å². The van der Waals surface area contributed by atoms with Gasteiger partial charge in [-0.2, -0.15) is 0 Å². The highest BCUT2D eigenvalue weighted by Crippen LogP contribution is 2.13. The third-order valence-corrected chi connectivity index (χ3v) is 1.97. The van der Waals surface area contributed by atoms with E-state index in [0.717, 1.165) is 22.9 Å². The second kappa shape index (κ2) is 3.57. The summed E-state index contributed by atoms with van der Waals surface area (Å²) in [5.74, 6) is 2.57. The highest BCUT2D eigenvalue weighted by molar-refractivity contribution is 5.40. The molecule has 0 radical (unpaired) electrons. The first-order chi connectivity index (χ1) is 6.75. The van der Waals surface area contributed by atoms with E-state index in [4.69, 9.17) is 8.94 Å². The number of aromatic nitrogens is 1. The summed E-state index contributed by atoms with van der Waals surface area (Å²) in [6, 6.07) is 3.88. The number of nitrogens with zero attached hydrogens (tertiary/aromatic N) is 1. The van der Waals surface area contributed by atoms with E-state index in [1.165, 1.54) is 0 Å². The lowest BCUT2D eigenvalue weighted by molar-refractivity contribution is 0.421. The first kappa shape index (κ1) is 8.87. The van der Waals surface area contributed by atoms with Crippen LogP contribution in [-0.4, -0.2) is 5.16 Å². The molecule has 2 heterocycles. The lowest BCUT2D eigenvalue weighted by atomic mass is 10.3. The number of anilines is 1. The maximum Gasteiger partial charge on any atom is 0.172 e. The predicted molar refractivity (Wildman–Crippen MR) is 52.0 cm³/mol. The molecule has 0 saturated heterocycles. The van der Waals surface area contributed by atoms with Crippen LogP contribution in [0.15, 0.2) is 27.3 Å². The van der Waals surface area contributed by atoms with Crippen LogP contribution >= 0.6 is 0 Å². The van der Waals surface area contributed by atoms with Gasteiger partial charge < -0.3 is 14.3 Å². The Morgan fingerprint density at radius 2 is 2.21 bits per heavy atom. The summed E-state index contributed by atoms with van der Waals surface area (Å²) in [6.07, 6.45) is 1.61. The first-order valence-electron chi connectivity index (χ1n) is 4.46. The molecule has 0 aromatic carbocycles. The summed E-state index contributed by atoms with van der Waals surface area (Å²) < 4.78 is 10.2. The van der Waals surface area contributed by atoms with E-state index < -0.39 is 0 Å².